The third-order valence-corrected chi connectivity index (χ3v) is 6.74. The number of methoxy groups -OCH3 is 1. The lowest BCUT2D eigenvalue weighted by molar-refractivity contribution is 0.0521. The minimum atomic E-state index is -0.513. The van der Waals surface area contributed by atoms with E-state index in [9.17, 15) is 9.59 Å². The zero-order valence-corrected chi connectivity index (χ0v) is 26.1. The number of azo groups is 1. The Kier molecular flexibility index (Phi) is 15.3. The normalized spacial score (nSPS) is 10.9. The Morgan fingerprint density at radius 1 is 0.591 bits per heavy atom. The summed E-state index contributed by atoms with van der Waals surface area (Å²) < 4.78 is 27.1. The van der Waals surface area contributed by atoms with Gasteiger partial charge in [0.15, 0.2) is 0 Å². The van der Waals surface area contributed by atoms with Gasteiger partial charge in [0, 0.05) is 0 Å². The maximum atomic E-state index is 12.4. The van der Waals surface area contributed by atoms with E-state index in [0.717, 1.165) is 55.0 Å². The fourth-order valence-corrected chi connectivity index (χ4v) is 4.38. The molecule has 9 nitrogen and oxygen atoms in total. The van der Waals surface area contributed by atoms with Crippen LogP contribution in [0.4, 0.5) is 11.4 Å². The molecule has 0 aliphatic rings. The molecule has 0 bridgehead atoms. The van der Waals surface area contributed by atoms with Crippen LogP contribution in [-0.4, -0.2) is 45.5 Å². The maximum absolute atomic E-state index is 12.4. The van der Waals surface area contributed by atoms with E-state index in [-0.39, 0.29) is 18.8 Å². The second kappa shape index (κ2) is 19.7. The SMILES string of the molecule is CCOC(=O)c1ccc(OCCCCCCCCCCOc2ccc(N=Nc3ccc(OC)cc3)cc2)c(C(=O)OCC)c1. The number of ether oxygens (including phenoxy) is 5. The molecule has 0 heterocycles. The van der Waals surface area contributed by atoms with Gasteiger partial charge in [0.25, 0.3) is 0 Å². The van der Waals surface area contributed by atoms with E-state index in [2.05, 4.69) is 10.2 Å². The molecule has 0 saturated heterocycles. The van der Waals surface area contributed by atoms with Gasteiger partial charge in [0.05, 0.1) is 50.5 Å². The van der Waals surface area contributed by atoms with Crippen molar-refractivity contribution >= 4 is 23.3 Å². The Balaban J connectivity index is 1.23. The number of hydrogen-bond acceptors (Lipinski definition) is 9. The van der Waals surface area contributed by atoms with Crippen molar-refractivity contribution in [3.05, 3.63) is 77.9 Å². The fraction of sp³-hybridized carbons (Fsp3) is 0.429. The molecule has 44 heavy (non-hydrogen) atoms. The van der Waals surface area contributed by atoms with Gasteiger partial charge in [-0.15, -0.1) is 0 Å². The molecule has 0 unspecified atom stereocenters. The molecular formula is C35H44N2O7. The molecule has 0 amide bonds. The lowest BCUT2D eigenvalue weighted by Crippen LogP contribution is -2.11. The van der Waals surface area contributed by atoms with Crippen LogP contribution in [0.5, 0.6) is 17.2 Å². The van der Waals surface area contributed by atoms with Gasteiger partial charge in [0.2, 0.25) is 0 Å². The maximum Gasteiger partial charge on any atom is 0.341 e. The smallest absolute Gasteiger partial charge is 0.341 e. The van der Waals surface area contributed by atoms with Gasteiger partial charge < -0.3 is 23.7 Å². The van der Waals surface area contributed by atoms with Gasteiger partial charge in [-0.3, -0.25) is 0 Å². The summed E-state index contributed by atoms with van der Waals surface area (Å²) in [6.07, 6.45) is 8.77. The lowest BCUT2D eigenvalue weighted by Gasteiger charge is -2.12. The highest BCUT2D eigenvalue weighted by molar-refractivity contribution is 5.97. The van der Waals surface area contributed by atoms with Crippen LogP contribution in [0.2, 0.25) is 0 Å². The molecule has 0 N–H and O–H groups in total. The zero-order chi connectivity index (χ0) is 31.4. The summed E-state index contributed by atoms with van der Waals surface area (Å²) in [6, 6.07) is 19.8. The molecule has 9 heteroatoms. The van der Waals surface area contributed by atoms with Gasteiger partial charge in [-0.1, -0.05) is 38.5 Å². The number of carbonyl (C=O) groups excluding carboxylic acids is 2. The number of rotatable bonds is 20. The van der Waals surface area contributed by atoms with Crippen molar-refractivity contribution in [3.63, 3.8) is 0 Å². The van der Waals surface area contributed by atoms with Crippen LogP contribution >= 0.6 is 0 Å². The van der Waals surface area contributed by atoms with Crippen LogP contribution in [0, 0.1) is 0 Å². The Hall–Kier alpha value is -4.40. The highest BCUT2D eigenvalue weighted by Crippen LogP contribution is 2.24. The second-order valence-electron chi connectivity index (χ2n) is 10.1. The van der Waals surface area contributed by atoms with Crippen LogP contribution < -0.4 is 14.2 Å². The van der Waals surface area contributed by atoms with Crippen LogP contribution in [-0.2, 0) is 9.47 Å². The summed E-state index contributed by atoms with van der Waals surface area (Å²) >= 11 is 0. The number of unbranched alkanes of at least 4 members (excludes halogenated alkanes) is 7. The molecule has 3 aromatic carbocycles. The minimum Gasteiger partial charge on any atom is -0.497 e. The first-order valence-corrected chi connectivity index (χ1v) is 15.4. The summed E-state index contributed by atoms with van der Waals surface area (Å²) in [5.74, 6) is 1.05. The number of esters is 2. The summed E-state index contributed by atoms with van der Waals surface area (Å²) in [4.78, 5) is 24.4. The monoisotopic (exact) mass is 604 g/mol. The molecule has 0 saturated carbocycles. The van der Waals surface area contributed by atoms with Gasteiger partial charge in [-0.25, -0.2) is 9.59 Å². The highest BCUT2D eigenvalue weighted by Gasteiger charge is 2.18. The number of nitrogens with zero attached hydrogens (tertiary/aromatic N) is 2. The Morgan fingerprint density at radius 2 is 1.09 bits per heavy atom. The molecule has 0 fully saturated rings. The molecule has 0 aliphatic carbocycles. The van der Waals surface area contributed by atoms with Crippen molar-refractivity contribution in [2.75, 3.05) is 33.5 Å². The first-order chi connectivity index (χ1) is 21.5. The van der Waals surface area contributed by atoms with Crippen molar-refractivity contribution in [3.8, 4) is 17.2 Å². The highest BCUT2D eigenvalue weighted by atomic mass is 16.5. The quantitative estimate of drug-likeness (QED) is 0.0720. The van der Waals surface area contributed by atoms with E-state index in [1.54, 1.807) is 33.1 Å². The average Bonchev–Trinajstić information content (AvgIpc) is 3.05. The van der Waals surface area contributed by atoms with Crippen LogP contribution in [0.15, 0.2) is 77.0 Å². The average molecular weight is 605 g/mol. The molecule has 3 aromatic rings. The summed E-state index contributed by atoms with van der Waals surface area (Å²) in [5, 5.41) is 8.52. The van der Waals surface area contributed by atoms with Gasteiger partial charge >= 0.3 is 11.9 Å². The molecular weight excluding hydrogens is 560 g/mol. The van der Waals surface area contributed by atoms with Crippen molar-refractivity contribution in [1.82, 2.24) is 0 Å². The van der Waals surface area contributed by atoms with Crippen molar-refractivity contribution < 1.29 is 33.3 Å². The van der Waals surface area contributed by atoms with E-state index >= 15 is 0 Å². The van der Waals surface area contributed by atoms with Crippen molar-refractivity contribution in [2.24, 2.45) is 10.2 Å². The Labute approximate surface area is 260 Å². The van der Waals surface area contributed by atoms with Crippen LogP contribution in [0.25, 0.3) is 0 Å². The second-order valence-corrected chi connectivity index (χ2v) is 10.1. The van der Waals surface area contributed by atoms with E-state index in [1.807, 2.05) is 48.5 Å². The topological polar surface area (TPSA) is 105 Å². The third kappa shape index (κ3) is 12.1. The molecule has 0 spiro atoms. The molecule has 0 aromatic heterocycles. The lowest BCUT2D eigenvalue weighted by atomic mass is 10.1. The minimum absolute atomic E-state index is 0.240. The van der Waals surface area contributed by atoms with Gasteiger partial charge in [-0.05, 0) is 93.4 Å². The Bertz CT molecular complexity index is 1310. The van der Waals surface area contributed by atoms with Crippen LogP contribution in [0.3, 0.4) is 0 Å². The first kappa shape index (κ1) is 34.1. The third-order valence-electron chi connectivity index (χ3n) is 6.74. The Morgan fingerprint density at radius 3 is 1.64 bits per heavy atom. The predicted octanol–water partition coefficient (Wildman–Crippen LogP) is 9.04. The fourth-order valence-electron chi connectivity index (χ4n) is 4.38. The number of hydrogen-bond donors (Lipinski definition) is 0. The zero-order valence-electron chi connectivity index (χ0n) is 26.1. The van der Waals surface area contributed by atoms with E-state index in [1.165, 1.54) is 25.3 Å². The summed E-state index contributed by atoms with van der Waals surface area (Å²) in [6.45, 7) is 5.17. The molecule has 0 atom stereocenters. The summed E-state index contributed by atoms with van der Waals surface area (Å²) in [7, 11) is 1.63. The van der Waals surface area contributed by atoms with Crippen LogP contribution in [0.1, 0.15) is 85.9 Å². The molecule has 0 radical (unpaired) electrons. The number of benzene rings is 3. The molecule has 0 aliphatic heterocycles. The van der Waals surface area contributed by atoms with Crippen molar-refractivity contribution in [1.29, 1.82) is 0 Å². The summed E-state index contributed by atoms with van der Waals surface area (Å²) in [5.41, 5.74) is 2.08. The molecule has 236 valence electrons. The first-order valence-electron chi connectivity index (χ1n) is 15.4. The largest absolute Gasteiger partial charge is 0.497 e. The van der Waals surface area contributed by atoms with Crippen molar-refractivity contribution in [2.45, 2.75) is 65.2 Å². The number of carbonyl (C=O) groups is 2. The van der Waals surface area contributed by atoms with Gasteiger partial charge in [0.1, 0.15) is 22.8 Å². The van der Waals surface area contributed by atoms with E-state index in [4.69, 9.17) is 23.7 Å². The predicted molar refractivity (Wildman–Crippen MR) is 170 cm³/mol. The van der Waals surface area contributed by atoms with E-state index in [0.29, 0.717) is 24.5 Å². The van der Waals surface area contributed by atoms with Gasteiger partial charge in [-0.2, -0.15) is 10.2 Å². The standard InChI is InChI=1S/C35H44N2O7/c1-4-41-34(38)27-14-23-33(32(26-27)35(39)42-5-2)44-25-13-11-9-7-6-8-10-12-24-43-31-21-17-29(18-22-31)37-36-28-15-19-30(40-3)20-16-28/h14-23,26H,4-13,24-25H2,1-3H3. The van der Waals surface area contributed by atoms with E-state index < -0.39 is 11.9 Å². The molecule has 3 rings (SSSR count).